The number of aryl methyl sites for hydroxylation is 2. The Morgan fingerprint density at radius 3 is 1.65 bits per heavy atom. The van der Waals surface area contributed by atoms with E-state index in [0.29, 0.717) is 5.56 Å². The Morgan fingerprint density at radius 1 is 0.647 bits per heavy atom. The third-order valence-electron chi connectivity index (χ3n) is 6.17. The molecule has 6 heteroatoms. The highest BCUT2D eigenvalue weighted by molar-refractivity contribution is 5.89. The second kappa shape index (κ2) is 20.3. The van der Waals surface area contributed by atoms with Gasteiger partial charge in [-0.05, 0) is 43.5 Å². The zero-order chi connectivity index (χ0) is 24.9. The van der Waals surface area contributed by atoms with Gasteiger partial charge in [-0.15, -0.1) is 0 Å². The zero-order valence-corrected chi connectivity index (χ0v) is 21.7. The van der Waals surface area contributed by atoms with Crippen LogP contribution in [0.3, 0.4) is 0 Å². The molecule has 194 valence electrons. The molecule has 0 aliphatic heterocycles. The van der Waals surface area contributed by atoms with Crippen molar-refractivity contribution in [3.63, 3.8) is 0 Å². The molecule has 0 aliphatic carbocycles. The maximum absolute atomic E-state index is 11.8. The lowest BCUT2D eigenvalue weighted by Crippen LogP contribution is -2.12. The Kier molecular flexibility index (Phi) is 17.9. The first-order chi connectivity index (χ1) is 16.5. The minimum atomic E-state index is -1.02. The van der Waals surface area contributed by atoms with Gasteiger partial charge < -0.3 is 4.74 Å². The van der Waals surface area contributed by atoms with E-state index in [9.17, 15) is 9.59 Å². The Labute approximate surface area is 206 Å². The minimum Gasteiger partial charge on any atom is -0.432 e. The van der Waals surface area contributed by atoms with Crippen LogP contribution in [-0.2, 0) is 19.6 Å². The molecule has 0 atom stereocenters. The van der Waals surface area contributed by atoms with Gasteiger partial charge in [0.25, 0.3) is 0 Å². The molecule has 1 aromatic rings. The summed E-state index contributed by atoms with van der Waals surface area (Å²) in [4.78, 5) is 32.1. The van der Waals surface area contributed by atoms with E-state index in [2.05, 4.69) is 21.7 Å². The average Bonchev–Trinajstić information content (AvgIpc) is 2.82. The van der Waals surface area contributed by atoms with Gasteiger partial charge in [0, 0.05) is 0 Å². The SMILES string of the molecule is CCCCCCCCCCCCCCCCCCOC(=O)OOOC(=O)c1ccc(C)c(C)c1. The van der Waals surface area contributed by atoms with Crippen molar-refractivity contribution in [1.29, 1.82) is 0 Å². The van der Waals surface area contributed by atoms with Crippen molar-refractivity contribution in [3.05, 3.63) is 34.9 Å². The van der Waals surface area contributed by atoms with E-state index in [1.54, 1.807) is 18.2 Å². The van der Waals surface area contributed by atoms with Gasteiger partial charge in [-0.1, -0.05) is 109 Å². The van der Waals surface area contributed by atoms with E-state index >= 15 is 0 Å². The molecule has 0 N–H and O–H groups in total. The van der Waals surface area contributed by atoms with Crippen molar-refractivity contribution in [3.8, 4) is 0 Å². The topological polar surface area (TPSA) is 71.1 Å². The highest BCUT2D eigenvalue weighted by Gasteiger charge is 2.12. The number of unbranched alkanes of at least 4 members (excludes halogenated alkanes) is 15. The number of carbonyl (C=O) groups excluding carboxylic acids is 2. The van der Waals surface area contributed by atoms with Crippen molar-refractivity contribution < 1.29 is 29.1 Å². The molecule has 6 nitrogen and oxygen atoms in total. The molecule has 0 fully saturated rings. The number of hydrogen-bond donors (Lipinski definition) is 0. The Bertz CT molecular complexity index is 673. The van der Waals surface area contributed by atoms with Crippen LogP contribution in [0.2, 0.25) is 0 Å². The van der Waals surface area contributed by atoms with Gasteiger partial charge in [-0.2, -0.15) is 0 Å². The minimum absolute atomic E-state index is 0.256. The number of hydrogen-bond acceptors (Lipinski definition) is 6. The zero-order valence-electron chi connectivity index (χ0n) is 21.7. The summed E-state index contributed by atoms with van der Waals surface area (Å²) < 4.78 is 4.91. The van der Waals surface area contributed by atoms with Crippen LogP contribution in [0.5, 0.6) is 0 Å². The van der Waals surface area contributed by atoms with E-state index in [-0.39, 0.29) is 6.61 Å². The van der Waals surface area contributed by atoms with E-state index < -0.39 is 12.1 Å². The number of ether oxygens (including phenoxy) is 1. The second-order valence-electron chi connectivity index (χ2n) is 9.22. The second-order valence-corrected chi connectivity index (χ2v) is 9.22. The maximum atomic E-state index is 11.8. The molecule has 0 saturated carbocycles. The van der Waals surface area contributed by atoms with Crippen LogP contribution in [0.25, 0.3) is 0 Å². The molecule has 0 radical (unpaired) electrons. The van der Waals surface area contributed by atoms with E-state index in [0.717, 1.165) is 30.4 Å². The predicted octanol–water partition coefficient (Wildman–Crippen LogP) is 8.72. The van der Waals surface area contributed by atoms with Gasteiger partial charge in [-0.3, -0.25) is 4.89 Å². The summed E-state index contributed by atoms with van der Waals surface area (Å²) >= 11 is 0. The summed E-state index contributed by atoms with van der Waals surface area (Å²) in [5, 5.41) is 4.24. The summed E-state index contributed by atoms with van der Waals surface area (Å²) in [6.07, 6.45) is 19.6. The van der Waals surface area contributed by atoms with Crippen molar-refractivity contribution >= 4 is 12.1 Å². The summed E-state index contributed by atoms with van der Waals surface area (Å²) in [6, 6.07) is 5.10. The van der Waals surface area contributed by atoms with Crippen molar-refractivity contribution in [2.24, 2.45) is 0 Å². The standard InChI is InChI=1S/C28H46O6/c1-4-5-6-7-8-9-10-11-12-13-14-15-16-17-18-19-22-31-28(30)33-34-32-27(29)26-21-20-24(2)25(3)23-26/h20-21,23H,4-19,22H2,1-3H3. The van der Waals surface area contributed by atoms with E-state index in [1.807, 2.05) is 13.8 Å². The predicted molar refractivity (Wildman–Crippen MR) is 134 cm³/mol. The van der Waals surface area contributed by atoms with Gasteiger partial charge in [-0.25, -0.2) is 14.5 Å². The molecule has 1 aromatic carbocycles. The Balaban J connectivity index is 1.85. The van der Waals surface area contributed by atoms with Crippen molar-refractivity contribution in [1.82, 2.24) is 0 Å². The van der Waals surface area contributed by atoms with Crippen LogP contribution in [-0.4, -0.2) is 18.7 Å². The van der Waals surface area contributed by atoms with E-state index in [1.165, 1.54) is 83.5 Å². The largest absolute Gasteiger partial charge is 0.543 e. The molecule has 0 heterocycles. The lowest BCUT2D eigenvalue weighted by Gasteiger charge is -2.06. The van der Waals surface area contributed by atoms with Crippen molar-refractivity contribution in [2.75, 3.05) is 6.61 Å². The highest BCUT2D eigenvalue weighted by atomic mass is 17.5. The molecule has 0 aromatic heterocycles. The molecule has 0 spiro atoms. The van der Waals surface area contributed by atoms with Crippen LogP contribution in [0, 0.1) is 13.8 Å². The fraction of sp³-hybridized carbons (Fsp3) is 0.714. The first kappa shape index (κ1) is 30.0. The fourth-order valence-electron chi connectivity index (χ4n) is 3.82. The van der Waals surface area contributed by atoms with E-state index in [4.69, 9.17) is 4.74 Å². The Hall–Kier alpha value is -2.08. The average molecular weight is 479 g/mol. The first-order valence-electron chi connectivity index (χ1n) is 13.3. The van der Waals surface area contributed by atoms with Crippen LogP contribution in [0.1, 0.15) is 131 Å². The Morgan fingerprint density at radius 2 is 1.15 bits per heavy atom. The number of rotatable bonds is 20. The smallest absolute Gasteiger partial charge is 0.432 e. The molecule has 0 aliphatic rings. The maximum Gasteiger partial charge on any atom is 0.543 e. The third-order valence-corrected chi connectivity index (χ3v) is 6.17. The number of benzene rings is 1. The monoisotopic (exact) mass is 478 g/mol. The molecular weight excluding hydrogens is 432 g/mol. The molecule has 0 amide bonds. The van der Waals surface area contributed by atoms with Gasteiger partial charge in [0.15, 0.2) is 0 Å². The summed E-state index contributed by atoms with van der Waals surface area (Å²) in [6.45, 7) is 6.35. The van der Waals surface area contributed by atoms with Gasteiger partial charge in [0.05, 0.1) is 17.2 Å². The molecule has 0 unspecified atom stereocenters. The van der Waals surface area contributed by atoms with Crippen LogP contribution < -0.4 is 0 Å². The van der Waals surface area contributed by atoms with Crippen LogP contribution in [0.4, 0.5) is 4.79 Å². The molecule has 0 bridgehead atoms. The summed E-state index contributed by atoms with van der Waals surface area (Å²) in [7, 11) is 0. The van der Waals surface area contributed by atoms with Crippen LogP contribution in [0.15, 0.2) is 18.2 Å². The quantitative estimate of drug-likeness (QED) is 0.0807. The molecule has 34 heavy (non-hydrogen) atoms. The van der Waals surface area contributed by atoms with Crippen molar-refractivity contribution in [2.45, 2.75) is 124 Å². The van der Waals surface area contributed by atoms with Gasteiger partial charge >= 0.3 is 12.1 Å². The summed E-state index contributed by atoms with van der Waals surface area (Å²) in [5.74, 6) is -0.742. The lowest BCUT2D eigenvalue weighted by atomic mass is 10.0. The molecule has 0 saturated heterocycles. The van der Waals surface area contributed by atoms with Gasteiger partial charge in [0.1, 0.15) is 0 Å². The highest BCUT2D eigenvalue weighted by Crippen LogP contribution is 2.14. The van der Waals surface area contributed by atoms with Gasteiger partial charge in [0.2, 0.25) is 0 Å². The van der Waals surface area contributed by atoms with Crippen LogP contribution >= 0.6 is 0 Å². The molecule has 1 rings (SSSR count). The molecular formula is C28H46O6. The number of carbonyl (C=O) groups is 2. The third kappa shape index (κ3) is 15.7. The fourth-order valence-corrected chi connectivity index (χ4v) is 3.82. The lowest BCUT2D eigenvalue weighted by molar-refractivity contribution is -0.452. The normalized spacial score (nSPS) is 10.8. The first-order valence-corrected chi connectivity index (χ1v) is 13.3. The summed E-state index contributed by atoms with van der Waals surface area (Å²) in [5.41, 5.74) is 2.33.